The fourth-order valence-corrected chi connectivity index (χ4v) is 1.46. The number of aliphatic hydroxyl groups is 1. The number of aromatic nitrogens is 2. The molecule has 0 aliphatic carbocycles. The maximum absolute atomic E-state index is 9.65. The van der Waals surface area contributed by atoms with Crippen molar-refractivity contribution < 1.29 is 14.6 Å². The Morgan fingerprint density at radius 3 is 2.89 bits per heavy atom. The van der Waals surface area contributed by atoms with Gasteiger partial charge in [0.05, 0.1) is 32.5 Å². The van der Waals surface area contributed by atoms with Crippen LogP contribution >= 0.6 is 0 Å². The van der Waals surface area contributed by atoms with Crippen molar-refractivity contribution >= 4 is 0 Å². The molecule has 1 aromatic heterocycles. The minimum Gasteiger partial charge on any atom is -0.389 e. The Morgan fingerprint density at radius 2 is 2.22 bits per heavy atom. The predicted octanol–water partition coefficient (Wildman–Crippen LogP) is -0.0763. The van der Waals surface area contributed by atoms with Crippen LogP contribution in [0.25, 0.3) is 0 Å². The van der Waals surface area contributed by atoms with Gasteiger partial charge in [-0.3, -0.25) is 0 Å². The third kappa shape index (κ3) is 6.11. The number of aryl methyl sites for hydroxylation is 1. The van der Waals surface area contributed by atoms with Gasteiger partial charge in [0.25, 0.3) is 0 Å². The summed E-state index contributed by atoms with van der Waals surface area (Å²) in [6.07, 6.45) is 3.14. The first-order valence-corrected chi connectivity index (χ1v) is 6.24. The summed E-state index contributed by atoms with van der Waals surface area (Å²) < 4.78 is 12.3. The number of ether oxygens (including phenoxy) is 2. The van der Waals surface area contributed by atoms with E-state index in [4.69, 9.17) is 9.47 Å². The molecule has 1 rings (SSSR count). The van der Waals surface area contributed by atoms with Crippen LogP contribution in [0.15, 0.2) is 12.4 Å². The minimum absolute atomic E-state index is 0.320. The highest BCUT2D eigenvalue weighted by molar-refractivity contribution is 4.90. The van der Waals surface area contributed by atoms with E-state index in [1.165, 1.54) is 0 Å². The second-order valence-electron chi connectivity index (χ2n) is 4.01. The molecule has 6 heteroatoms. The second-order valence-corrected chi connectivity index (χ2v) is 4.01. The molecular weight excluding hydrogens is 234 g/mol. The molecule has 0 aliphatic rings. The summed E-state index contributed by atoms with van der Waals surface area (Å²) in [6.45, 7) is 5.17. The molecule has 0 aromatic carbocycles. The fraction of sp³-hybridized carbons (Fsp3) is 0.750. The largest absolute Gasteiger partial charge is 0.389 e. The molecule has 0 amide bonds. The zero-order valence-corrected chi connectivity index (χ0v) is 11.1. The first kappa shape index (κ1) is 15.1. The first-order chi connectivity index (χ1) is 8.74. The highest BCUT2D eigenvalue weighted by Gasteiger charge is 2.05. The Labute approximate surface area is 108 Å². The molecule has 0 aliphatic heterocycles. The van der Waals surface area contributed by atoms with Crippen LogP contribution in [0.5, 0.6) is 0 Å². The molecule has 2 N–H and O–H groups in total. The van der Waals surface area contributed by atoms with Crippen molar-refractivity contribution in [2.45, 2.75) is 19.6 Å². The number of hydrogen-bond acceptors (Lipinski definition) is 5. The lowest BCUT2D eigenvalue weighted by Crippen LogP contribution is -2.31. The Hall–Kier alpha value is -0.950. The zero-order chi connectivity index (χ0) is 13.2. The van der Waals surface area contributed by atoms with Gasteiger partial charge in [-0.1, -0.05) is 0 Å². The summed E-state index contributed by atoms with van der Waals surface area (Å²) in [6, 6.07) is 0. The Balaban J connectivity index is 2.00. The summed E-state index contributed by atoms with van der Waals surface area (Å²) in [5.41, 5.74) is 0. The van der Waals surface area contributed by atoms with Crippen LogP contribution in [-0.4, -0.2) is 53.7 Å². The zero-order valence-electron chi connectivity index (χ0n) is 11.1. The maximum atomic E-state index is 9.65. The van der Waals surface area contributed by atoms with E-state index >= 15 is 0 Å². The molecule has 1 atom stereocenters. The lowest BCUT2D eigenvalue weighted by molar-refractivity contribution is 0.00637. The molecule has 1 aromatic rings. The summed E-state index contributed by atoms with van der Waals surface area (Å²) in [7, 11) is 1.94. The van der Waals surface area contributed by atoms with Crippen molar-refractivity contribution in [3.8, 4) is 0 Å². The van der Waals surface area contributed by atoms with E-state index in [1.54, 1.807) is 6.20 Å². The van der Waals surface area contributed by atoms with Crippen molar-refractivity contribution in [3.63, 3.8) is 0 Å². The highest BCUT2D eigenvalue weighted by Crippen LogP contribution is 1.93. The van der Waals surface area contributed by atoms with Gasteiger partial charge >= 0.3 is 0 Å². The molecule has 1 heterocycles. The maximum Gasteiger partial charge on any atom is 0.122 e. The summed E-state index contributed by atoms with van der Waals surface area (Å²) >= 11 is 0. The van der Waals surface area contributed by atoms with Gasteiger partial charge in [-0.15, -0.1) is 0 Å². The molecule has 1 unspecified atom stereocenters. The molecule has 0 radical (unpaired) electrons. The van der Waals surface area contributed by atoms with Crippen molar-refractivity contribution in [1.82, 2.24) is 14.9 Å². The van der Waals surface area contributed by atoms with Gasteiger partial charge in [-0.05, 0) is 6.92 Å². The van der Waals surface area contributed by atoms with Gasteiger partial charge < -0.3 is 24.5 Å². The number of rotatable bonds is 10. The van der Waals surface area contributed by atoms with E-state index in [0.717, 1.165) is 5.82 Å². The highest BCUT2D eigenvalue weighted by atomic mass is 16.5. The van der Waals surface area contributed by atoms with Gasteiger partial charge in [-0.2, -0.15) is 0 Å². The SMILES string of the molecule is CCOCCOCC(O)CNCc1nccn1C. The average Bonchev–Trinajstić information content (AvgIpc) is 2.75. The van der Waals surface area contributed by atoms with Crippen LogP contribution in [0.1, 0.15) is 12.7 Å². The second kappa shape index (κ2) is 9.04. The third-order valence-electron chi connectivity index (χ3n) is 2.47. The van der Waals surface area contributed by atoms with Crippen LogP contribution in [0.4, 0.5) is 0 Å². The molecule has 0 bridgehead atoms. The monoisotopic (exact) mass is 257 g/mol. The van der Waals surface area contributed by atoms with Crippen LogP contribution in [0, 0.1) is 0 Å². The number of nitrogens with zero attached hydrogens (tertiary/aromatic N) is 2. The van der Waals surface area contributed by atoms with E-state index in [-0.39, 0.29) is 0 Å². The average molecular weight is 257 g/mol. The Kier molecular flexibility index (Phi) is 7.59. The van der Waals surface area contributed by atoms with Crippen molar-refractivity contribution in [1.29, 1.82) is 0 Å². The number of imidazole rings is 1. The summed E-state index contributed by atoms with van der Waals surface area (Å²) in [5, 5.41) is 12.8. The Bertz CT molecular complexity index is 317. The third-order valence-corrected chi connectivity index (χ3v) is 2.47. The van der Waals surface area contributed by atoms with Gasteiger partial charge in [0.15, 0.2) is 0 Å². The van der Waals surface area contributed by atoms with Crippen molar-refractivity contribution in [2.75, 3.05) is 33.0 Å². The summed E-state index contributed by atoms with van der Waals surface area (Å²) in [5.74, 6) is 0.944. The van der Waals surface area contributed by atoms with Gasteiger partial charge in [0.2, 0.25) is 0 Å². The number of nitrogens with one attached hydrogen (secondary N) is 1. The van der Waals surface area contributed by atoms with E-state index in [9.17, 15) is 5.11 Å². The van der Waals surface area contributed by atoms with E-state index < -0.39 is 6.10 Å². The standard InChI is InChI=1S/C12H23N3O3/c1-3-17-6-7-18-10-11(16)8-13-9-12-14-4-5-15(12)2/h4-5,11,13,16H,3,6-10H2,1-2H3. The predicted molar refractivity (Wildman–Crippen MR) is 68.2 cm³/mol. The normalized spacial score (nSPS) is 12.8. The molecule has 0 spiro atoms. The lowest BCUT2D eigenvalue weighted by Gasteiger charge is -2.12. The smallest absolute Gasteiger partial charge is 0.122 e. The number of aliphatic hydroxyl groups excluding tert-OH is 1. The van der Waals surface area contributed by atoms with E-state index in [1.807, 2.05) is 24.7 Å². The van der Waals surface area contributed by atoms with Gasteiger partial charge in [0.1, 0.15) is 5.82 Å². The molecular formula is C12H23N3O3. The number of hydrogen-bond donors (Lipinski definition) is 2. The minimum atomic E-state index is -0.508. The Morgan fingerprint density at radius 1 is 1.44 bits per heavy atom. The van der Waals surface area contributed by atoms with Crippen molar-refractivity contribution in [3.05, 3.63) is 18.2 Å². The van der Waals surface area contributed by atoms with Gasteiger partial charge in [0, 0.05) is 32.6 Å². The lowest BCUT2D eigenvalue weighted by atomic mass is 10.3. The van der Waals surface area contributed by atoms with Crippen LogP contribution in [-0.2, 0) is 23.1 Å². The molecule has 0 fully saturated rings. The quantitative estimate of drug-likeness (QED) is 0.574. The first-order valence-electron chi connectivity index (χ1n) is 6.24. The van der Waals surface area contributed by atoms with Crippen LogP contribution in [0.2, 0.25) is 0 Å². The van der Waals surface area contributed by atoms with Crippen LogP contribution < -0.4 is 5.32 Å². The van der Waals surface area contributed by atoms with Crippen LogP contribution in [0.3, 0.4) is 0 Å². The van der Waals surface area contributed by atoms with Crippen molar-refractivity contribution in [2.24, 2.45) is 7.05 Å². The molecule has 0 saturated heterocycles. The molecule has 104 valence electrons. The summed E-state index contributed by atoms with van der Waals surface area (Å²) in [4.78, 5) is 4.18. The molecule has 18 heavy (non-hydrogen) atoms. The van der Waals surface area contributed by atoms with Gasteiger partial charge in [-0.25, -0.2) is 4.98 Å². The van der Waals surface area contributed by atoms with E-state index in [0.29, 0.717) is 39.5 Å². The molecule has 6 nitrogen and oxygen atoms in total. The fourth-order valence-electron chi connectivity index (χ4n) is 1.46. The van der Waals surface area contributed by atoms with E-state index in [2.05, 4.69) is 10.3 Å². The molecule has 0 saturated carbocycles. The topological polar surface area (TPSA) is 68.5 Å².